The maximum Gasteiger partial charge on any atom is 0.303 e. The molecule has 0 aromatic carbocycles. The summed E-state index contributed by atoms with van der Waals surface area (Å²) >= 11 is 6.26. The lowest BCUT2D eigenvalue weighted by atomic mass is 10.0. The van der Waals surface area contributed by atoms with Crippen LogP contribution in [0.25, 0.3) is 0 Å². The Kier molecular flexibility index (Phi) is 5.00. The number of hydrogen-bond donors (Lipinski definition) is 1. The minimum atomic E-state index is -0.771. The van der Waals surface area contributed by atoms with Crippen LogP contribution in [0.5, 0.6) is 0 Å². The van der Waals surface area contributed by atoms with Crippen LogP contribution in [-0.2, 0) is 24.2 Å². The smallest absolute Gasteiger partial charge is 0.303 e. The molecule has 0 aliphatic heterocycles. The van der Waals surface area contributed by atoms with Gasteiger partial charge < -0.3 is 5.11 Å². The van der Waals surface area contributed by atoms with Gasteiger partial charge in [-0.05, 0) is 25.7 Å². The van der Waals surface area contributed by atoms with Crippen molar-refractivity contribution < 1.29 is 9.90 Å². The summed E-state index contributed by atoms with van der Waals surface area (Å²) in [4.78, 5) is 10.6. The summed E-state index contributed by atoms with van der Waals surface area (Å²) in [5, 5.41) is 13.9. The first kappa shape index (κ1) is 14.0. The van der Waals surface area contributed by atoms with E-state index in [1.807, 2.05) is 25.5 Å². The van der Waals surface area contributed by atoms with Crippen molar-refractivity contribution in [2.24, 2.45) is 5.92 Å². The number of aliphatic carboxylic acids is 1. The molecular weight excluding hydrogens is 240 g/mol. The average molecular weight is 259 g/mol. The fraction of sp³-hybridized carbons (Fsp3) is 0.667. The molecule has 0 saturated carbocycles. The third-order valence-corrected chi connectivity index (χ3v) is 3.20. The molecule has 1 atom stereocenters. The summed E-state index contributed by atoms with van der Waals surface area (Å²) in [6.07, 6.45) is 1.62. The fourth-order valence-corrected chi connectivity index (χ4v) is 2.26. The molecule has 96 valence electrons. The van der Waals surface area contributed by atoms with Gasteiger partial charge in [-0.3, -0.25) is 9.48 Å². The third-order valence-electron chi connectivity index (χ3n) is 2.76. The van der Waals surface area contributed by atoms with E-state index in [9.17, 15) is 4.79 Å². The molecule has 1 aromatic heterocycles. The van der Waals surface area contributed by atoms with Crippen molar-refractivity contribution >= 4 is 17.6 Å². The minimum absolute atomic E-state index is 0.0664. The van der Waals surface area contributed by atoms with E-state index in [-0.39, 0.29) is 12.3 Å². The highest BCUT2D eigenvalue weighted by Gasteiger charge is 2.17. The predicted octanol–water partition coefficient (Wildman–Crippen LogP) is 2.77. The number of carboxylic acids is 1. The van der Waals surface area contributed by atoms with Crippen molar-refractivity contribution in [1.82, 2.24) is 9.78 Å². The van der Waals surface area contributed by atoms with Gasteiger partial charge >= 0.3 is 5.97 Å². The SMILES string of the molecule is CCc1nn(CC)c(CC(C)CC(=O)O)c1Cl. The van der Waals surface area contributed by atoms with Gasteiger partial charge in [-0.15, -0.1) is 0 Å². The quantitative estimate of drug-likeness (QED) is 0.854. The second kappa shape index (κ2) is 6.05. The molecule has 1 unspecified atom stereocenters. The Balaban J connectivity index is 2.88. The van der Waals surface area contributed by atoms with Gasteiger partial charge in [0.1, 0.15) is 0 Å². The van der Waals surface area contributed by atoms with Crippen molar-refractivity contribution in [3.63, 3.8) is 0 Å². The Bertz CT molecular complexity index is 401. The van der Waals surface area contributed by atoms with Crippen LogP contribution in [0.2, 0.25) is 5.02 Å². The van der Waals surface area contributed by atoms with E-state index in [2.05, 4.69) is 5.10 Å². The zero-order valence-corrected chi connectivity index (χ0v) is 11.3. The van der Waals surface area contributed by atoms with E-state index in [1.54, 1.807) is 0 Å². The minimum Gasteiger partial charge on any atom is -0.481 e. The number of aromatic nitrogens is 2. The lowest BCUT2D eigenvalue weighted by Gasteiger charge is -2.10. The highest BCUT2D eigenvalue weighted by Crippen LogP contribution is 2.25. The van der Waals surface area contributed by atoms with Gasteiger partial charge in [-0.2, -0.15) is 5.10 Å². The van der Waals surface area contributed by atoms with Gasteiger partial charge in [0, 0.05) is 13.0 Å². The van der Waals surface area contributed by atoms with E-state index in [0.29, 0.717) is 11.4 Å². The highest BCUT2D eigenvalue weighted by atomic mass is 35.5. The molecule has 0 spiro atoms. The number of nitrogens with zero attached hydrogens (tertiary/aromatic N) is 2. The first-order valence-electron chi connectivity index (χ1n) is 5.95. The molecule has 0 fully saturated rings. The van der Waals surface area contributed by atoms with Crippen LogP contribution in [0.1, 0.15) is 38.6 Å². The molecule has 0 aliphatic rings. The second-order valence-corrected chi connectivity index (χ2v) is 4.66. The van der Waals surface area contributed by atoms with Crippen LogP contribution in [-0.4, -0.2) is 20.9 Å². The molecule has 1 heterocycles. The molecule has 4 nitrogen and oxygen atoms in total. The summed E-state index contributed by atoms with van der Waals surface area (Å²) < 4.78 is 1.87. The Hall–Kier alpha value is -1.03. The summed E-state index contributed by atoms with van der Waals surface area (Å²) in [6, 6.07) is 0. The van der Waals surface area contributed by atoms with Crippen LogP contribution in [0.4, 0.5) is 0 Å². The molecule has 0 amide bonds. The van der Waals surface area contributed by atoms with Crippen LogP contribution in [0, 0.1) is 5.92 Å². The van der Waals surface area contributed by atoms with Crippen LogP contribution < -0.4 is 0 Å². The lowest BCUT2D eigenvalue weighted by molar-refractivity contribution is -0.137. The number of rotatable bonds is 6. The Morgan fingerprint density at radius 2 is 2.18 bits per heavy atom. The summed E-state index contributed by atoms with van der Waals surface area (Å²) in [5.74, 6) is -0.705. The molecule has 0 saturated heterocycles. The first-order valence-corrected chi connectivity index (χ1v) is 6.33. The van der Waals surface area contributed by atoms with E-state index in [4.69, 9.17) is 16.7 Å². The predicted molar refractivity (Wildman–Crippen MR) is 67.4 cm³/mol. The maximum absolute atomic E-state index is 10.6. The average Bonchev–Trinajstić information content (AvgIpc) is 2.55. The maximum atomic E-state index is 10.6. The molecule has 5 heteroatoms. The molecule has 0 aliphatic carbocycles. The molecule has 0 radical (unpaired) electrons. The van der Waals surface area contributed by atoms with E-state index in [0.717, 1.165) is 24.4 Å². The van der Waals surface area contributed by atoms with Crippen molar-refractivity contribution in [2.45, 2.75) is 46.6 Å². The molecular formula is C12H19ClN2O2. The Morgan fingerprint density at radius 3 is 2.65 bits per heavy atom. The van der Waals surface area contributed by atoms with Gasteiger partial charge in [0.05, 0.1) is 16.4 Å². The van der Waals surface area contributed by atoms with Crippen LogP contribution >= 0.6 is 11.6 Å². The van der Waals surface area contributed by atoms with E-state index in [1.165, 1.54) is 0 Å². The fourth-order valence-electron chi connectivity index (χ4n) is 1.91. The van der Waals surface area contributed by atoms with Crippen molar-refractivity contribution in [3.05, 3.63) is 16.4 Å². The third kappa shape index (κ3) is 3.46. The summed E-state index contributed by atoms with van der Waals surface area (Å²) in [7, 11) is 0. The Morgan fingerprint density at radius 1 is 1.53 bits per heavy atom. The molecule has 17 heavy (non-hydrogen) atoms. The van der Waals surface area contributed by atoms with Gasteiger partial charge in [0.2, 0.25) is 0 Å². The first-order chi connectivity index (χ1) is 7.99. The number of hydrogen-bond acceptors (Lipinski definition) is 2. The molecule has 1 aromatic rings. The van der Waals surface area contributed by atoms with Gasteiger partial charge in [-0.1, -0.05) is 25.4 Å². The monoisotopic (exact) mass is 258 g/mol. The number of aryl methyl sites for hydroxylation is 2. The van der Waals surface area contributed by atoms with Crippen LogP contribution in [0.3, 0.4) is 0 Å². The number of halogens is 1. The molecule has 1 N–H and O–H groups in total. The highest BCUT2D eigenvalue weighted by molar-refractivity contribution is 6.31. The summed E-state index contributed by atoms with van der Waals surface area (Å²) in [6.45, 7) is 6.70. The molecule has 0 bridgehead atoms. The zero-order valence-electron chi connectivity index (χ0n) is 10.5. The van der Waals surface area contributed by atoms with Gasteiger partial charge in [-0.25, -0.2) is 0 Å². The van der Waals surface area contributed by atoms with Crippen LogP contribution in [0.15, 0.2) is 0 Å². The largest absolute Gasteiger partial charge is 0.481 e. The number of carboxylic acid groups (broad SMARTS) is 1. The van der Waals surface area contributed by atoms with Gasteiger partial charge in [0.15, 0.2) is 0 Å². The Labute approximate surface area is 107 Å². The van der Waals surface area contributed by atoms with E-state index >= 15 is 0 Å². The zero-order chi connectivity index (χ0) is 13.0. The molecule has 1 rings (SSSR count). The number of carbonyl (C=O) groups is 1. The lowest BCUT2D eigenvalue weighted by Crippen LogP contribution is -2.11. The van der Waals surface area contributed by atoms with Crippen molar-refractivity contribution in [2.75, 3.05) is 0 Å². The van der Waals surface area contributed by atoms with E-state index < -0.39 is 5.97 Å². The topological polar surface area (TPSA) is 55.1 Å². The standard InChI is InChI=1S/C12H19ClN2O2/c1-4-9-12(13)10(15(5-2)14-9)6-8(3)7-11(16)17/h8H,4-7H2,1-3H3,(H,16,17). The normalized spacial score (nSPS) is 12.7. The van der Waals surface area contributed by atoms with Crippen molar-refractivity contribution in [3.8, 4) is 0 Å². The van der Waals surface area contributed by atoms with Crippen molar-refractivity contribution in [1.29, 1.82) is 0 Å². The van der Waals surface area contributed by atoms with Gasteiger partial charge in [0.25, 0.3) is 0 Å². The summed E-state index contributed by atoms with van der Waals surface area (Å²) in [5.41, 5.74) is 1.85. The second-order valence-electron chi connectivity index (χ2n) is 4.28.